The Hall–Kier alpha value is -2.33. The van der Waals surface area contributed by atoms with E-state index in [1.54, 1.807) is 0 Å². The van der Waals surface area contributed by atoms with Gasteiger partial charge < -0.3 is 9.80 Å². The number of anilines is 1. The van der Waals surface area contributed by atoms with Crippen molar-refractivity contribution in [1.29, 1.82) is 0 Å². The Morgan fingerprint density at radius 3 is 2.28 bits per heavy atom. The van der Waals surface area contributed by atoms with Gasteiger partial charge in [-0.25, -0.2) is 0 Å². The molecule has 3 rings (SSSR count). The molecule has 2 aromatic rings. The molecule has 0 bridgehead atoms. The van der Waals surface area contributed by atoms with Gasteiger partial charge in [-0.1, -0.05) is 30.3 Å². The first-order chi connectivity index (χ1) is 12.0. The smallest absolute Gasteiger partial charge is 0.253 e. The zero-order valence-electron chi connectivity index (χ0n) is 15.4. The summed E-state index contributed by atoms with van der Waals surface area (Å²) in [6.45, 7) is 6.45. The Morgan fingerprint density at radius 1 is 1.00 bits per heavy atom. The Balaban J connectivity index is 1.59. The molecule has 0 atom stereocenters. The summed E-state index contributed by atoms with van der Waals surface area (Å²) in [5, 5.41) is 0. The molecular formula is C21H27N3O. The molecule has 1 aliphatic heterocycles. The van der Waals surface area contributed by atoms with Crippen LogP contribution in [0.25, 0.3) is 0 Å². The van der Waals surface area contributed by atoms with Gasteiger partial charge in [0.05, 0.1) is 0 Å². The number of rotatable bonds is 4. The van der Waals surface area contributed by atoms with Gasteiger partial charge in [0.15, 0.2) is 0 Å². The van der Waals surface area contributed by atoms with Gasteiger partial charge in [-0.05, 0) is 36.2 Å². The lowest BCUT2D eigenvalue weighted by molar-refractivity contribution is 0.0628. The highest BCUT2D eigenvalue weighted by molar-refractivity contribution is 5.95. The lowest BCUT2D eigenvalue weighted by Crippen LogP contribution is -2.48. The molecule has 1 amide bonds. The van der Waals surface area contributed by atoms with Crippen LogP contribution >= 0.6 is 0 Å². The molecule has 4 heteroatoms. The second kappa shape index (κ2) is 7.70. The van der Waals surface area contributed by atoms with Crippen LogP contribution in [-0.2, 0) is 6.54 Å². The highest BCUT2D eigenvalue weighted by Crippen LogP contribution is 2.20. The third-order valence-electron chi connectivity index (χ3n) is 4.83. The topological polar surface area (TPSA) is 26.8 Å². The monoisotopic (exact) mass is 337 g/mol. The van der Waals surface area contributed by atoms with Gasteiger partial charge >= 0.3 is 0 Å². The largest absolute Gasteiger partial charge is 0.377 e. The minimum Gasteiger partial charge on any atom is -0.377 e. The van der Waals surface area contributed by atoms with Crippen LogP contribution in [0.15, 0.2) is 48.5 Å². The standard InChI is InChI=1S/C21H27N3O/c1-17-15-19(9-10-20(17)22(2)3)21(25)24-13-11-23(12-14-24)16-18-7-5-4-6-8-18/h4-10,15H,11-14,16H2,1-3H3. The van der Waals surface area contributed by atoms with E-state index < -0.39 is 0 Å². The summed E-state index contributed by atoms with van der Waals surface area (Å²) in [4.78, 5) is 19.3. The van der Waals surface area contributed by atoms with E-state index in [-0.39, 0.29) is 5.91 Å². The number of amides is 1. The van der Waals surface area contributed by atoms with Crippen molar-refractivity contribution in [3.63, 3.8) is 0 Å². The molecule has 0 aromatic heterocycles. The number of carbonyl (C=O) groups is 1. The number of nitrogens with zero attached hydrogens (tertiary/aromatic N) is 3. The van der Waals surface area contributed by atoms with Gasteiger partial charge in [-0.2, -0.15) is 0 Å². The van der Waals surface area contributed by atoms with Crippen molar-refractivity contribution in [3.8, 4) is 0 Å². The van der Waals surface area contributed by atoms with E-state index in [2.05, 4.69) is 41.0 Å². The number of aryl methyl sites for hydroxylation is 1. The summed E-state index contributed by atoms with van der Waals surface area (Å²) in [6.07, 6.45) is 0. The van der Waals surface area contributed by atoms with E-state index in [1.807, 2.05) is 43.3 Å². The summed E-state index contributed by atoms with van der Waals surface area (Å²) < 4.78 is 0. The predicted octanol–water partition coefficient (Wildman–Crippen LogP) is 3.02. The maximum atomic E-state index is 12.8. The molecule has 1 aliphatic rings. The van der Waals surface area contributed by atoms with Crippen LogP contribution in [0.5, 0.6) is 0 Å². The van der Waals surface area contributed by atoms with E-state index in [1.165, 1.54) is 5.56 Å². The highest BCUT2D eigenvalue weighted by Gasteiger charge is 2.22. The summed E-state index contributed by atoms with van der Waals surface area (Å²) in [5.74, 6) is 0.146. The molecule has 2 aromatic carbocycles. The minimum atomic E-state index is 0.146. The van der Waals surface area contributed by atoms with Crippen molar-refractivity contribution in [1.82, 2.24) is 9.80 Å². The molecule has 0 unspecified atom stereocenters. The number of benzene rings is 2. The Kier molecular flexibility index (Phi) is 5.39. The zero-order valence-corrected chi connectivity index (χ0v) is 15.4. The van der Waals surface area contributed by atoms with Crippen molar-refractivity contribution < 1.29 is 4.79 Å². The van der Waals surface area contributed by atoms with Crippen LogP contribution in [0.3, 0.4) is 0 Å². The van der Waals surface area contributed by atoms with Gasteiger partial charge in [0.2, 0.25) is 0 Å². The third-order valence-corrected chi connectivity index (χ3v) is 4.83. The van der Waals surface area contributed by atoms with Crippen molar-refractivity contribution in [2.75, 3.05) is 45.2 Å². The number of piperazine rings is 1. The lowest BCUT2D eigenvalue weighted by atomic mass is 10.1. The molecule has 1 heterocycles. The first-order valence-electron chi connectivity index (χ1n) is 8.88. The van der Waals surface area contributed by atoms with Crippen LogP contribution in [0, 0.1) is 6.92 Å². The molecular weight excluding hydrogens is 310 g/mol. The minimum absolute atomic E-state index is 0.146. The summed E-state index contributed by atoms with van der Waals surface area (Å²) in [7, 11) is 4.05. The molecule has 0 radical (unpaired) electrons. The van der Waals surface area contributed by atoms with Crippen LogP contribution in [0.1, 0.15) is 21.5 Å². The summed E-state index contributed by atoms with van der Waals surface area (Å²) in [5.41, 5.74) is 4.42. The fourth-order valence-electron chi connectivity index (χ4n) is 3.42. The van der Waals surface area contributed by atoms with E-state index in [0.717, 1.165) is 49.5 Å². The second-order valence-electron chi connectivity index (χ2n) is 6.95. The van der Waals surface area contributed by atoms with Crippen molar-refractivity contribution in [3.05, 3.63) is 65.2 Å². The molecule has 0 aliphatic carbocycles. The SMILES string of the molecule is Cc1cc(C(=O)N2CCN(Cc3ccccc3)CC2)ccc1N(C)C. The van der Waals surface area contributed by atoms with Crippen LogP contribution in [0.4, 0.5) is 5.69 Å². The predicted molar refractivity (Wildman–Crippen MR) is 103 cm³/mol. The Labute approximate surface area is 150 Å². The number of hydrogen-bond acceptors (Lipinski definition) is 3. The van der Waals surface area contributed by atoms with Crippen molar-refractivity contribution >= 4 is 11.6 Å². The van der Waals surface area contributed by atoms with Crippen LogP contribution in [-0.4, -0.2) is 56.0 Å². The maximum absolute atomic E-state index is 12.8. The van der Waals surface area contributed by atoms with Crippen molar-refractivity contribution in [2.45, 2.75) is 13.5 Å². The molecule has 0 spiro atoms. The van der Waals surface area contributed by atoms with Gasteiger partial charge in [-0.15, -0.1) is 0 Å². The van der Waals surface area contributed by atoms with E-state index in [0.29, 0.717) is 0 Å². The molecule has 0 saturated carbocycles. The van der Waals surface area contributed by atoms with Gasteiger partial charge in [-0.3, -0.25) is 9.69 Å². The third kappa shape index (κ3) is 4.20. The average Bonchev–Trinajstić information content (AvgIpc) is 2.62. The number of carbonyl (C=O) groups excluding carboxylic acids is 1. The quantitative estimate of drug-likeness (QED) is 0.858. The van der Waals surface area contributed by atoms with Gasteiger partial charge in [0.25, 0.3) is 5.91 Å². The summed E-state index contributed by atoms with van der Waals surface area (Å²) in [6, 6.07) is 16.5. The van der Waals surface area contributed by atoms with Gasteiger partial charge in [0.1, 0.15) is 0 Å². The van der Waals surface area contributed by atoms with Crippen LogP contribution < -0.4 is 4.90 Å². The normalized spacial score (nSPS) is 15.2. The summed E-state index contributed by atoms with van der Waals surface area (Å²) >= 11 is 0. The fourth-order valence-corrected chi connectivity index (χ4v) is 3.42. The van der Waals surface area contributed by atoms with Gasteiger partial charge in [0, 0.05) is 58.1 Å². The molecule has 25 heavy (non-hydrogen) atoms. The molecule has 4 nitrogen and oxygen atoms in total. The maximum Gasteiger partial charge on any atom is 0.253 e. The highest BCUT2D eigenvalue weighted by atomic mass is 16.2. The molecule has 1 saturated heterocycles. The first-order valence-corrected chi connectivity index (χ1v) is 8.88. The molecule has 1 fully saturated rings. The Morgan fingerprint density at radius 2 is 1.68 bits per heavy atom. The first kappa shape index (κ1) is 17.5. The Bertz CT molecular complexity index is 719. The molecule has 0 N–H and O–H groups in total. The second-order valence-corrected chi connectivity index (χ2v) is 6.95. The fraction of sp³-hybridized carbons (Fsp3) is 0.381. The van der Waals surface area contributed by atoms with E-state index in [4.69, 9.17) is 0 Å². The van der Waals surface area contributed by atoms with Crippen molar-refractivity contribution in [2.24, 2.45) is 0 Å². The van der Waals surface area contributed by atoms with Crippen LogP contribution in [0.2, 0.25) is 0 Å². The molecule has 132 valence electrons. The van der Waals surface area contributed by atoms with E-state index in [9.17, 15) is 4.79 Å². The van der Waals surface area contributed by atoms with E-state index >= 15 is 0 Å². The number of hydrogen-bond donors (Lipinski definition) is 0. The lowest BCUT2D eigenvalue weighted by Gasteiger charge is -2.35. The average molecular weight is 337 g/mol. The zero-order chi connectivity index (χ0) is 17.8.